The molecule has 0 unspecified atom stereocenters. The molecule has 116 valence electrons. The normalized spacial score (nSPS) is 15.1. The van der Waals surface area contributed by atoms with Crippen molar-refractivity contribution in [2.24, 2.45) is 0 Å². The van der Waals surface area contributed by atoms with Gasteiger partial charge in [0, 0.05) is 51.6 Å². The molecule has 1 saturated heterocycles. The second kappa shape index (κ2) is 8.52. The molecular weight excluding hydrogens is 266 g/mol. The highest BCUT2D eigenvalue weighted by atomic mass is 16.5. The monoisotopic (exact) mass is 291 g/mol. The molecule has 5 nitrogen and oxygen atoms in total. The molecule has 1 aromatic carbocycles. The van der Waals surface area contributed by atoms with Gasteiger partial charge in [-0.25, -0.2) is 4.79 Å². The number of hydrogen-bond donors (Lipinski definition) is 1. The highest BCUT2D eigenvalue weighted by molar-refractivity contribution is 5.74. The molecular formula is C16H25N3O2. The van der Waals surface area contributed by atoms with Gasteiger partial charge < -0.3 is 19.9 Å². The maximum absolute atomic E-state index is 12.0. The van der Waals surface area contributed by atoms with Crippen LogP contribution in [0, 0.1) is 0 Å². The van der Waals surface area contributed by atoms with E-state index >= 15 is 0 Å². The number of urea groups is 1. The second-order valence-electron chi connectivity index (χ2n) is 5.09. The molecule has 0 radical (unpaired) electrons. The van der Waals surface area contributed by atoms with E-state index in [9.17, 15) is 4.79 Å². The predicted molar refractivity (Wildman–Crippen MR) is 84.7 cm³/mol. The Labute approximate surface area is 126 Å². The van der Waals surface area contributed by atoms with Crippen molar-refractivity contribution in [1.29, 1.82) is 0 Å². The lowest BCUT2D eigenvalue weighted by Crippen LogP contribution is -2.52. The summed E-state index contributed by atoms with van der Waals surface area (Å²) in [6.07, 6.45) is 0.865. The van der Waals surface area contributed by atoms with Gasteiger partial charge in [0.15, 0.2) is 0 Å². The summed E-state index contributed by atoms with van der Waals surface area (Å²) in [7, 11) is 0. The number of nitrogens with zero attached hydrogens (tertiary/aromatic N) is 2. The lowest BCUT2D eigenvalue weighted by atomic mass is 10.2. The smallest absolute Gasteiger partial charge is 0.317 e. The minimum Gasteiger partial charge on any atom is -0.382 e. The fourth-order valence-electron chi connectivity index (χ4n) is 2.43. The summed E-state index contributed by atoms with van der Waals surface area (Å²) in [6.45, 7) is 7.40. The summed E-state index contributed by atoms with van der Waals surface area (Å²) in [4.78, 5) is 16.2. The van der Waals surface area contributed by atoms with Crippen molar-refractivity contribution in [1.82, 2.24) is 10.2 Å². The zero-order valence-electron chi connectivity index (χ0n) is 12.8. The number of anilines is 1. The van der Waals surface area contributed by atoms with Gasteiger partial charge in [0.25, 0.3) is 0 Å². The molecule has 0 atom stereocenters. The number of carbonyl (C=O) groups excluding carboxylic acids is 1. The van der Waals surface area contributed by atoms with E-state index < -0.39 is 0 Å². The molecule has 0 aromatic heterocycles. The molecule has 1 aromatic rings. The van der Waals surface area contributed by atoms with Crippen LogP contribution in [0.15, 0.2) is 30.3 Å². The molecule has 0 aliphatic carbocycles. The Balaban J connectivity index is 1.67. The van der Waals surface area contributed by atoms with Gasteiger partial charge in [-0.2, -0.15) is 0 Å². The topological polar surface area (TPSA) is 44.8 Å². The Bertz CT molecular complexity index is 417. The van der Waals surface area contributed by atoms with E-state index in [4.69, 9.17) is 4.74 Å². The molecule has 1 heterocycles. The summed E-state index contributed by atoms with van der Waals surface area (Å²) in [6, 6.07) is 10.4. The summed E-state index contributed by atoms with van der Waals surface area (Å²) < 4.78 is 5.25. The zero-order valence-corrected chi connectivity index (χ0v) is 12.8. The van der Waals surface area contributed by atoms with Crippen LogP contribution in [-0.4, -0.2) is 56.9 Å². The largest absolute Gasteiger partial charge is 0.382 e. The quantitative estimate of drug-likeness (QED) is 0.815. The lowest BCUT2D eigenvalue weighted by Gasteiger charge is -2.36. The SMILES string of the molecule is CCOCCCNC(=O)N1CCN(c2ccccc2)CC1. The van der Waals surface area contributed by atoms with Gasteiger partial charge in [-0.1, -0.05) is 18.2 Å². The third-order valence-corrected chi connectivity index (χ3v) is 3.63. The number of piperazine rings is 1. The molecule has 2 rings (SSSR count). The van der Waals surface area contributed by atoms with E-state index in [-0.39, 0.29) is 6.03 Å². The van der Waals surface area contributed by atoms with Crippen LogP contribution < -0.4 is 10.2 Å². The number of ether oxygens (including phenoxy) is 1. The number of para-hydroxylation sites is 1. The molecule has 1 fully saturated rings. The molecule has 21 heavy (non-hydrogen) atoms. The van der Waals surface area contributed by atoms with Crippen molar-refractivity contribution in [3.63, 3.8) is 0 Å². The van der Waals surface area contributed by atoms with Crippen LogP contribution in [-0.2, 0) is 4.74 Å². The Morgan fingerprint density at radius 2 is 1.90 bits per heavy atom. The molecule has 1 aliphatic rings. The van der Waals surface area contributed by atoms with Crippen LogP contribution >= 0.6 is 0 Å². The van der Waals surface area contributed by atoms with Crippen molar-refractivity contribution in [3.05, 3.63) is 30.3 Å². The van der Waals surface area contributed by atoms with Crippen LogP contribution in [0.1, 0.15) is 13.3 Å². The number of carbonyl (C=O) groups is 1. The molecule has 0 saturated carbocycles. The number of amides is 2. The molecule has 1 aliphatic heterocycles. The predicted octanol–water partition coefficient (Wildman–Crippen LogP) is 1.94. The van der Waals surface area contributed by atoms with Crippen molar-refractivity contribution < 1.29 is 9.53 Å². The maximum Gasteiger partial charge on any atom is 0.317 e. The highest BCUT2D eigenvalue weighted by Gasteiger charge is 2.20. The highest BCUT2D eigenvalue weighted by Crippen LogP contribution is 2.15. The van der Waals surface area contributed by atoms with Crippen molar-refractivity contribution in [2.45, 2.75) is 13.3 Å². The number of benzene rings is 1. The summed E-state index contributed by atoms with van der Waals surface area (Å²) in [5.74, 6) is 0. The molecule has 2 amide bonds. The van der Waals surface area contributed by atoms with Gasteiger partial charge in [0.05, 0.1) is 0 Å². The van der Waals surface area contributed by atoms with E-state index in [1.807, 2.05) is 30.0 Å². The fourth-order valence-corrected chi connectivity index (χ4v) is 2.43. The third-order valence-electron chi connectivity index (χ3n) is 3.63. The first-order valence-electron chi connectivity index (χ1n) is 7.71. The molecule has 5 heteroatoms. The fraction of sp³-hybridized carbons (Fsp3) is 0.562. The van der Waals surface area contributed by atoms with Gasteiger partial charge in [-0.15, -0.1) is 0 Å². The van der Waals surface area contributed by atoms with E-state index in [0.29, 0.717) is 13.2 Å². The minimum absolute atomic E-state index is 0.0409. The maximum atomic E-state index is 12.0. The van der Waals surface area contributed by atoms with Crippen LogP contribution in [0.4, 0.5) is 10.5 Å². The Kier molecular flexibility index (Phi) is 6.34. The van der Waals surface area contributed by atoms with Crippen LogP contribution in [0.2, 0.25) is 0 Å². The number of nitrogens with one attached hydrogen (secondary N) is 1. The standard InChI is InChI=1S/C16H25N3O2/c1-2-21-14-6-9-17-16(20)19-12-10-18(11-13-19)15-7-4-3-5-8-15/h3-5,7-8H,2,6,9-14H2,1H3,(H,17,20). The van der Waals surface area contributed by atoms with Crippen LogP contribution in [0.3, 0.4) is 0 Å². The first-order chi connectivity index (χ1) is 10.3. The van der Waals surface area contributed by atoms with Gasteiger partial charge in [0.2, 0.25) is 0 Å². The molecule has 1 N–H and O–H groups in total. The van der Waals surface area contributed by atoms with Gasteiger partial charge in [-0.05, 0) is 25.5 Å². The van der Waals surface area contributed by atoms with E-state index in [2.05, 4.69) is 22.3 Å². The first-order valence-corrected chi connectivity index (χ1v) is 7.71. The average Bonchev–Trinajstić information content (AvgIpc) is 2.55. The van der Waals surface area contributed by atoms with Gasteiger partial charge in [-0.3, -0.25) is 0 Å². The van der Waals surface area contributed by atoms with E-state index in [1.165, 1.54) is 5.69 Å². The number of hydrogen-bond acceptors (Lipinski definition) is 3. The Morgan fingerprint density at radius 1 is 1.19 bits per heavy atom. The third kappa shape index (κ3) is 4.93. The van der Waals surface area contributed by atoms with E-state index in [1.54, 1.807) is 0 Å². The van der Waals surface area contributed by atoms with Crippen molar-refractivity contribution in [3.8, 4) is 0 Å². The minimum atomic E-state index is 0.0409. The molecule has 0 spiro atoms. The van der Waals surface area contributed by atoms with Crippen LogP contribution in [0.25, 0.3) is 0 Å². The van der Waals surface area contributed by atoms with Crippen molar-refractivity contribution in [2.75, 3.05) is 50.8 Å². The van der Waals surface area contributed by atoms with E-state index in [0.717, 1.165) is 39.2 Å². The summed E-state index contributed by atoms with van der Waals surface area (Å²) in [5, 5.41) is 2.95. The zero-order chi connectivity index (χ0) is 14.9. The first kappa shape index (κ1) is 15.6. The lowest BCUT2D eigenvalue weighted by molar-refractivity contribution is 0.143. The average molecular weight is 291 g/mol. The van der Waals surface area contributed by atoms with Gasteiger partial charge >= 0.3 is 6.03 Å². The Morgan fingerprint density at radius 3 is 2.57 bits per heavy atom. The Hall–Kier alpha value is -1.75. The van der Waals surface area contributed by atoms with Crippen molar-refractivity contribution >= 4 is 11.7 Å². The second-order valence-corrected chi connectivity index (χ2v) is 5.09. The molecule has 0 bridgehead atoms. The summed E-state index contributed by atoms with van der Waals surface area (Å²) >= 11 is 0. The summed E-state index contributed by atoms with van der Waals surface area (Å²) in [5.41, 5.74) is 1.23. The number of rotatable bonds is 6. The van der Waals surface area contributed by atoms with Gasteiger partial charge in [0.1, 0.15) is 0 Å². The van der Waals surface area contributed by atoms with Crippen LogP contribution in [0.5, 0.6) is 0 Å².